The van der Waals surface area contributed by atoms with Crippen LogP contribution in [0.5, 0.6) is 5.75 Å². The second kappa shape index (κ2) is 11.3. The number of esters is 1. The number of ether oxygens (including phenoxy) is 2. The van der Waals surface area contributed by atoms with Gasteiger partial charge in [0.15, 0.2) is 0 Å². The van der Waals surface area contributed by atoms with Crippen molar-refractivity contribution in [3.63, 3.8) is 0 Å². The number of pyridine rings is 1. The Labute approximate surface area is 220 Å². The van der Waals surface area contributed by atoms with Gasteiger partial charge in [0, 0.05) is 24.5 Å². The Balaban J connectivity index is 1.58. The van der Waals surface area contributed by atoms with Crippen molar-refractivity contribution in [2.75, 3.05) is 25.7 Å². The lowest BCUT2D eigenvalue weighted by Crippen LogP contribution is -2.39. The number of hydrogen-bond acceptors (Lipinski definition) is 5. The van der Waals surface area contributed by atoms with Crippen LogP contribution in [0.15, 0.2) is 54.7 Å². The van der Waals surface area contributed by atoms with E-state index < -0.39 is 0 Å². The Morgan fingerprint density at radius 2 is 1.76 bits per heavy atom. The van der Waals surface area contributed by atoms with Gasteiger partial charge in [-0.3, -0.25) is 9.69 Å². The Morgan fingerprint density at radius 1 is 1.00 bits per heavy atom. The second-order valence-corrected chi connectivity index (χ2v) is 11.3. The van der Waals surface area contributed by atoms with Gasteiger partial charge in [0.2, 0.25) is 5.91 Å². The second-order valence-electron chi connectivity index (χ2n) is 11.3. The highest BCUT2D eigenvalue weighted by Crippen LogP contribution is 2.38. The first-order valence-electron chi connectivity index (χ1n) is 13.1. The van der Waals surface area contributed by atoms with Gasteiger partial charge < -0.3 is 9.47 Å². The number of methoxy groups -OCH3 is 2. The predicted molar refractivity (Wildman–Crippen MR) is 147 cm³/mol. The first kappa shape index (κ1) is 26.6. The van der Waals surface area contributed by atoms with E-state index in [-0.39, 0.29) is 17.3 Å². The van der Waals surface area contributed by atoms with Crippen LogP contribution in [0.4, 0.5) is 5.82 Å². The summed E-state index contributed by atoms with van der Waals surface area (Å²) in [6.07, 6.45) is 6.44. The highest BCUT2D eigenvalue weighted by atomic mass is 16.5. The van der Waals surface area contributed by atoms with Crippen molar-refractivity contribution in [2.45, 2.75) is 58.8 Å². The monoisotopic (exact) mass is 502 g/mol. The van der Waals surface area contributed by atoms with Crippen LogP contribution in [0, 0.1) is 11.3 Å². The highest BCUT2D eigenvalue weighted by molar-refractivity contribution is 6.04. The van der Waals surface area contributed by atoms with E-state index in [0.29, 0.717) is 36.2 Å². The highest BCUT2D eigenvalue weighted by Gasteiger charge is 2.30. The van der Waals surface area contributed by atoms with Crippen LogP contribution in [0.3, 0.4) is 0 Å². The van der Waals surface area contributed by atoms with Crippen LogP contribution in [0.1, 0.15) is 74.7 Å². The third-order valence-corrected chi connectivity index (χ3v) is 7.26. The number of amides is 1. The van der Waals surface area contributed by atoms with Crippen molar-refractivity contribution < 1.29 is 19.1 Å². The van der Waals surface area contributed by atoms with E-state index in [2.05, 4.69) is 44.0 Å². The molecule has 0 aliphatic heterocycles. The first-order valence-corrected chi connectivity index (χ1v) is 13.1. The predicted octanol–water partition coefficient (Wildman–Crippen LogP) is 6.77. The summed E-state index contributed by atoms with van der Waals surface area (Å²) in [7, 11) is 3.08. The quantitative estimate of drug-likeness (QED) is 0.333. The van der Waals surface area contributed by atoms with Gasteiger partial charge in [-0.1, -0.05) is 32.9 Å². The zero-order valence-corrected chi connectivity index (χ0v) is 22.6. The molecular weight excluding hydrogens is 464 g/mol. The summed E-state index contributed by atoms with van der Waals surface area (Å²) in [5, 5.41) is 1.73. The number of benzene rings is 2. The van der Waals surface area contributed by atoms with E-state index in [0.717, 1.165) is 42.2 Å². The molecule has 1 aliphatic rings. The van der Waals surface area contributed by atoms with Gasteiger partial charge in [-0.2, -0.15) is 0 Å². The third-order valence-electron chi connectivity index (χ3n) is 7.26. The molecule has 37 heavy (non-hydrogen) atoms. The molecule has 3 aromatic rings. The maximum absolute atomic E-state index is 13.7. The summed E-state index contributed by atoms with van der Waals surface area (Å²) in [5.41, 5.74) is 1.67. The van der Waals surface area contributed by atoms with Gasteiger partial charge in [0.1, 0.15) is 11.6 Å². The van der Waals surface area contributed by atoms with E-state index in [9.17, 15) is 9.59 Å². The summed E-state index contributed by atoms with van der Waals surface area (Å²) in [4.78, 5) is 32.3. The van der Waals surface area contributed by atoms with E-state index in [1.807, 2.05) is 23.1 Å². The topological polar surface area (TPSA) is 68.7 Å². The average Bonchev–Trinajstić information content (AvgIpc) is 2.90. The fraction of sp³-hybridized carbons (Fsp3) is 0.452. The molecule has 0 saturated heterocycles. The standard InChI is InChI=1S/C31H38N2O4/c1-31(2,3)19-28(34)33(29-27-14-13-25(30(35)37-5)17-24(27)15-16-32-29)20-21-9-11-22(12-10-21)23-7-6-8-26(18-23)36-4/h6-8,13-18,21-22H,9-12,19-20H2,1-5H3/t21-,22-. The number of carbonyl (C=O) groups is 2. The molecular formula is C31H38N2O4. The number of rotatable bonds is 7. The van der Waals surface area contributed by atoms with Gasteiger partial charge in [0.25, 0.3) is 0 Å². The first-order chi connectivity index (χ1) is 17.7. The van der Waals surface area contributed by atoms with Crippen molar-refractivity contribution in [3.05, 3.63) is 65.9 Å². The molecule has 0 unspecified atom stereocenters. The molecule has 6 nitrogen and oxygen atoms in total. The van der Waals surface area contributed by atoms with Crippen molar-refractivity contribution in [1.29, 1.82) is 0 Å². The normalized spacial score (nSPS) is 17.9. The summed E-state index contributed by atoms with van der Waals surface area (Å²) in [5.74, 6) is 2.18. The summed E-state index contributed by atoms with van der Waals surface area (Å²) < 4.78 is 10.3. The fourth-order valence-corrected chi connectivity index (χ4v) is 5.31. The molecule has 1 aliphatic carbocycles. The van der Waals surface area contributed by atoms with E-state index >= 15 is 0 Å². The fourth-order valence-electron chi connectivity index (χ4n) is 5.31. The number of aromatic nitrogens is 1. The molecule has 196 valence electrons. The minimum absolute atomic E-state index is 0.0828. The Morgan fingerprint density at radius 3 is 2.43 bits per heavy atom. The van der Waals surface area contributed by atoms with E-state index in [4.69, 9.17) is 9.47 Å². The molecule has 6 heteroatoms. The maximum Gasteiger partial charge on any atom is 0.337 e. The number of anilines is 1. The Hall–Kier alpha value is -3.41. The lowest BCUT2D eigenvalue weighted by atomic mass is 9.78. The van der Waals surface area contributed by atoms with Crippen molar-refractivity contribution in [3.8, 4) is 5.75 Å². The minimum Gasteiger partial charge on any atom is -0.497 e. The maximum atomic E-state index is 13.7. The van der Waals surface area contributed by atoms with Crippen LogP contribution in [-0.4, -0.2) is 37.6 Å². The van der Waals surface area contributed by atoms with Crippen molar-refractivity contribution >= 4 is 28.5 Å². The molecule has 1 heterocycles. The van der Waals surface area contributed by atoms with Crippen molar-refractivity contribution in [2.24, 2.45) is 11.3 Å². The Bertz CT molecular complexity index is 1260. The molecule has 1 saturated carbocycles. The molecule has 0 N–H and O–H groups in total. The zero-order chi connectivity index (χ0) is 26.6. The number of nitrogens with zero attached hydrogens (tertiary/aromatic N) is 2. The molecule has 2 aromatic carbocycles. The lowest BCUT2D eigenvalue weighted by Gasteiger charge is -2.34. The molecule has 0 bridgehead atoms. The van der Waals surface area contributed by atoms with Crippen LogP contribution in [0.2, 0.25) is 0 Å². The van der Waals surface area contributed by atoms with Gasteiger partial charge >= 0.3 is 5.97 Å². The molecule has 0 atom stereocenters. The average molecular weight is 503 g/mol. The number of fused-ring (bicyclic) bond motifs is 1. The Kier molecular flexibility index (Phi) is 8.16. The SMILES string of the molecule is COC(=O)c1ccc2c(N(C[C@H]3CC[C@H](c4cccc(OC)c4)CC3)C(=O)CC(C)(C)C)nccc2c1. The molecule has 4 rings (SSSR count). The summed E-state index contributed by atoms with van der Waals surface area (Å²) >= 11 is 0. The van der Waals surface area contributed by atoms with Gasteiger partial charge in [-0.15, -0.1) is 0 Å². The summed E-state index contributed by atoms with van der Waals surface area (Å²) in [6.45, 7) is 6.90. The molecule has 0 radical (unpaired) electrons. The zero-order valence-electron chi connectivity index (χ0n) is 22.6. The van der Waals surface area contributed by atoms with Crippen LogP contribution < -0.4 is 9.64 Å². The number of carbonyl (C=O) groups excluding carboxylic acids is 2. The van der Waals surface area contributed by atoms with Gasteiger partial charge in [-0.25, -0.2) is 9.78 Å². The van der Waals surface area contributed by atoms with Gasteiger partial charge in [-0.05, 0) is 90.3 Å². The smallest absolute Gasteiger partial charge is 0.337 e. The van der Waals surface area contributed by atoms with Gasteiger partial charge in [0.05, 0.1) is 19.8 Å². The molecule has 1 fully saturated rings. The number of hydrogen-bond donors (Lipinski definition) is 0. The third kappa shape index (κ3) is 6.48. The molecule has 0 spiro atoms. The van der Waals surface area contributed by atoms with Crippen molar-refractivity contribution in [1.82, 2.24) is 4.98 Å². The van der Waals surface area contributed by atoms with Crippen LogP contribution >= 0.6 is 0 Å². The van der Waals surface area contributed by atoms with E-state index in [1.54, 1.807) is 25.4 Å². The van der Waals surface area contributed by atoms with E-state index in [1.165, 1.54) is 12.7 Å². The minimum atomic E-state index is -0.381. The largest absolute Gasteiger partial charge is 0.497 e. The molecule has 1 aromatic heterocycles. The van der Waals surface area contributed by atoms with Crippen LogP contribution in [-0.2, 0) is 9.53 Å². The summed E-state index contributed by atoms with van der Waals surface area (Å²) in [6, 6.07) is 15.7. The molecule has 1 amide bonds. The lowest BCUT2D eigenvalue weighted by molar-refractivity contribution is -0.120. The van der Waals surface area contributed by atoms with Crippen LogP contribution in [0.25, 0.3) is 10.8 Å².